The largest absolute Gasteiger partial charge is 0.421 e. The van der Waals surface area contributed by atoms with Crippen molar-refractivity contribution in [2.24, 2.45) is 0 Å². The lowest BCUT2D eigenvalue weighted by Gasteiger charge is -2.04. The summed E-state index contributed by atoms with van der Waals surface area (Å²) in [6.07, 6.45) is 0.627. The van der Waals surface area contributed by atoms with Gasteiger partial charge < -0.3 is 9.73 Å². The first kappa shape index (κ1) is 17.5. The van der Waals surface area contributed by atoms with Crippen LogP contribution in [0.1, 0.15) is 17.9 Å². The highest BCUT2D eigenvalue weighted by Crippen LogP contribution is 2.26. The minimum atomic E-state index is -0.0903. The second-order valence-electron chi connectivity index (χ2n) is 5.38. The number of hydrogen-bond acceptors (Lipinski definition) is 4. The SMILES string of the molecule is O=C(CCc1nnc(-c2ccccc2Cl)o1)NCc1ccc(Cl)cc1. The van der Waals surface area contributed by atoms with Crippen molar-refractivity contribution in [3.63, 3.8) is 0 Å². The first-order valence-electron chi connectivity index (χ1n) is 7.70. The van der Waals surface area contributed by atoms with Crippen LogP contribution in [0.25, 0.3) is 11.5 Å². The monoisotopic (exact) mass is 375 g/mol. The van der Waals surface area contributed by atoms with Crippen LogP contribution >= 0.6 is 23.2 Å². The first-order chi connectivity index (χ1) is 12.1. The summed E-state index contributed by atoms with van der Waals surface area (Å²) < 4.78 is 5.58. The first-order valence-corrected chi connectivity index (χ1v) is 8.46. The van der Waals surface area contributed by atoms with Crippen molar-refractivity contribution < 1.29 is 9.21 Å². The normalized spacial score (nSPS) is 10.6. The Balaban J connectivity index is 1.51. The summed E-state index contributed by atoms with van der Waals surface area (Å²) in [7, 11) is 0. The number of nitrogens with zero attached hydrogens (tertiary/aromatic N) is 2. The number of carbonyl (C=O) groups is 1. The van der Waals surface area contributed by atoms with Gasteiger partial charge in [0, 0.05) is 24.4 Å². The maximum Gasteiger partial charge on any atom is 0.249 e. The molecule has 1 N–H and O–H groups in total. The van der Waals surface area contributed by atoms with E-state index >= 15 is 0 Å². The summed E-state index contributed by atoms with van der Waals surface area (Å²) in [6, 6.07) is 14.6. The molecule has 5 nitrogen and oxygen atoms in total. The quantitative estimate of drug-likeness (QED) is 0.697. The summed E-state index contributed by atoms with van der Waals surface area (Å²) in [6.45, 7) is 0.449. The van der Waals surface area contributed by atoms with E-state index in [1.807, 2.05) is 24.3 Å². The molecular formula is C18H15Cl2N3O2. The maximum absolute atomic E-state index is 11.9. The van der Waals surface area contributed by atoms with Crippen molar-refractivity contribution in [3.8, 4) is 11.5 Å². The molecule has 0 unspecified atom stereocenters. The number of aryl methyl sites for hydroxylation is 1. The zero-order valence-electron chi connectivity index (χ0n) is 13.2. The number of aromatic nitrogens is 2. The van der Waals surface area contributed by atoms with E-state index in [1.54, 1.807) is 24.3 Å². The molecule has 0 atom stereocenters. The predicted molar refractivity (Wildman–Crippen MR) is 96.4 cm³/mol. The number of rotatable bonds is 6. The van der Waals surface area contributed by atoms with Crippen molar-refractivity contribution >= 4 is 29.1 Å². The molecule has 0 radical (unpaired) electrons. The number of hydrogen-bond donors (Lipinski definition) is 1. The summed E-state index contributed by atoms with van der Waals surface area (Å²) in [5, 5.41) is 12.0. The van der Waals surface area contributed by atoms with Crippen LogP contribution in [0.4, 0.5) is 0 Å². The molecule has 1 aromatic heterocycles. The van der Waals surface area contributed by atoms with E-state index in [2.05, 4.69) is 15.5 Å². The van der Waals surface area contributed by atoms with Gasteiger partial charge in [0.15, 0.2) is 0 Å². The Labute approximate surface area is 155 Å². The lowest BCUT2D eigenvalue weighted by Crippen LogP contribution is -2.23. The molecule has 3 aromatic rings. The van der Waals surface area contributed by atoms with E-state index in [9.17, 15) is 4.79 Å². The highest BCUT2D eigenvalue weighted by molar-refractivity contribution is 6.33. The molecule has 25 heavy (non-hydrogen) atoms. The third-order valence-electron chi connectivity index (χ3n) is 3.54. The Kier molecular flexibility index (Phi) is 5.68. The van der Waals surface area contributed by atoms with Crippen LogP contribution in [-0.4, -0.2) is 16.1 Å². The third-order valence-corrected chi connectivity index (χ3v) is 4.12. The number of nitrogens with one attached hydrogen (secondary N) is 1. The van der Waals surface area contributed by atoms with E-state index in [0.29, 0.717) is 40.4 Å². The predicted octanol–water partition coefficient (Wildman–Crippen LogP) is 4.29. The van der Waals surface area contributed by atoms with Gasteiger partial charge in [0.1, 0.15) is 0 Å². The van der Waals surface area contributed by atoms with Gasteiger partial charge in [0.05, 0.1) is 10.6 Å². The minimum Gasteiger partial charge on any atom is -0.421 e. The number of benzene rings is 2. The molecule has 0 aliphatic rings. The van der Waals surface area contributed by atoms with Crippen molar-refractivity contribution in [1.82, 2.24) is 15.5 Å². The lowest BCUT2D eigenvalue weighted by atomic mass is 10.2. The standard InChI is InChI=1S/C18H15Cl2N3O2/c19-13-7-5-12(6-8-13)11-21-16(24)9-10-17-22-23-18(25-17)14-3-1-2-4-15(14)20/h1-8H,9-11H2,(H,21,24). The zero-order chi connectivity index (χ0) is 17.6. The Hall–Kier alpha value is -2.37. The highest BCUT2D eigenvalue weighted by atomic mass is 35.5. The van der Waals surface area contributed by atoms with Gasteiger partial charge in [-0.05, 0) is 29.8 Å². The fourth-order valence-corrected chi connectivity index (χ4v) is 2.55. The molecule has 0 aliphatic carbocycles. The zero-order valence-corrected chi connectivity index (χ0v) is 14.7. The van der Waals surface area contributed by atoms with Gasteiger partial charge in [-0.15, -0.1) is 10.2 Å². The molecule has 0 saturated carbocycles. The summed E-state index contributed by atoms with van der Waals surface area (Å²) in [5.74, 6) is 0.658. The third kappa shape index (κ3) is 4.81. The van der Waals surface area contributed by atoms with Gasteiger partial charge >= 0.3 is 0 Å². The molecule has 0 fully saturated rings. The number of amides is 1. The van der Waals surface area contributed by atoms with E-state index in [4.69, 9.17) is 27.6 Å². The van der Waals surface area contributed by atoms with E-state index in [-0.39, 0.29) is 12.3 Å². The van der Waals surface area contributed by atoms with E-state index in [0.717, 1.165) is 5.56 Å². The Morgan fingerprint density at radius 2 is 1.80 bits per heavy atom. The van der Waals surface area contributed by atoms with Crippen molar-refractivity contribution in [2.75, 3.05) is 0 Å². The van der Waals surface area contributed by atoms with Crippen LogP contribution in [0.3, 0.4) is 0 Å². The van der Waals surface area contributed by atoms with Gasteiger partial charge in [-0.1, -0.05) is 47.5 Å². The van der Waals surface area contributed by atoms with E-state index in [1.165, 1.54) is 0 Å². The van der Waals surface area contributed by atoms with Gasteiger partial charge in [-0.25, -0.2) is 0 Å². The molecule has 1 heterocycles. The molecule has 0 spiro atoms. The number of carbonyl (C=O) groups excluding carboxylic acids is 1. The second-order valence-corrected chi connectivity index (χ2v) is 6.23. The highest BCUT2D eigenvalue weighted by Gasteiger charge is 2.12. The van der Waals surface area contributed by atoms with Crippen LogP contribution < -0.4 is 5.32 Å². The molecule has 3 rings (SSSR count). The molecule has 0 aliphatic heterocycles. The minimum absolute atomic E-state index is 0.0903. The molecular weight excluding hydrogens is 361 g/mol. The van der Waals surface area contributed by atoms with Gasteiger partial charge in [0.25, 0.3) is 0 Å². The van der Waals surface area contributed by atoms with Crippen LogP contribution in [0.2, 0.25) is 10.0 Å². The van der Waals surface area contributed by atoms with Crippen molar-refractivity contribution in [1.29, 1.82) is 0 Å². The average molecular weight is 376 g/mol. The Bertz CT molecular complexity index is 863. The average Bonchev–Trinajstić information content (AvgIpc) is 3.08. The number of halogens is 2. The van der Waals surface area contributed by atoms with Crippen LogP contribution in [-0.2, 0) is 17.8 Å². The molecule has 0 saturated heterocycles. The Morgan fingerprint density at radius 1 is 1.04 bits per heavy atom. The van der Waals surface area contributed by atoms with Crippen LogP contribution in [0, 0.1) is 0 Å². The molecule has 1 amide bonds. The lowest BCUT2D eigenvalue weighted by molar-refractivity contribution is -0.121. The molecule has 0 bridgehead atoms. The molecule has 7 heteroatoms. The van der Waals surface area contributed by atoms with Crippen LogP contribution in [0.5, 0.6) is 0 Å². The second kappa shape index (κ2) is 8.14. The summed E-state index contributed by atoms with van der Waals surface area (Å²) in [4.78, 5) is 11.9. The Morgan fingerprint density at radius 3 is 2.56 bits per heavy atom. The molecule has 2 aromatic carbocycles. The fourth-order valence-electron chi connectivity index (χ4n) is 2.21. The van der Waals surface area contributed by atoms with Crippen molar-refractivity contribution in [2.45, 2.75) is 19.4 Å². The molecule has 128 valence electrons. The maximum atomic E-state index is 11.9. The summed E-state index contributed by atoms with van der Waals surface area (Å²) >= 11 is 11.9. The summed E-state index contributed by atoms with van der Waals surface area (Å²) in [5.41, 5.74) is 1.66. The van der Waals surface area contributed by atoms with Crippen molar-refractivity contribution in [3.05, 3.63) is 70.0 Å². The van der Waals surface area contributed by atoms with E-state index < -0.39 is 0 Å². The van der Waals surface area contributed by atoms with Gasteiger partial charge in [-0.3, -0.25) is 4.79 Å². The fraction of sp³-hybridized carbons (Fsp3) is 0.167. The van der Waals surface area contributed by atoms with Gasteiger partial charge in [0.2, 0.25) is 17.7 Å². The van der Waals surface area contributed by atoms with Crippen LogP contribution in [0.15, 0.2) is 52.9 Å². The topological polar surface area (TPSA) is 68.0 Å². The van der Waals surface area contributed by atoms with Gasteiger partial charge in [-0.2, -0.15) is 0 Å². The smallest absolute Gasteiger partial charge is 0.249 e.